The molecule has 1 aromatic rings. The lowest BCUT2D eigenvalue weighted by atomic mass is 10.0. The highest BCUT2D eigenvalue weighted by Crippen LogP contribution is 2.16. The van der Waals surface area contributed by atoms with Crippen molar-refractivity contribution in [1.29, 1.82) is 0 Å². The van der Waals surface area contributed by atoms with E-state index in [-0.39, 0.29) is 11.4 Å². The van der Waals surface area contributed by atoms with Crippen molar-refractivity contribution in [3.8, 4) is 0 Å². The van der Waals surface area contributed by atoms with Crippen molar-refractivity contribution in [3.63, 3.8) is 0 Å². The topological polar surface area (TPSA) is 33.2 Å². The first kappa shape index (κ1) is 13.4. The summed E-state index contributed by atoms with van der Waals surface area (Å²) in [6.45, 7) is 9.89. The van der Waals surface area contributed by atoms with Gasteiger partial charge in [0.1, 0.15) is 0 Å². The van der Waals surface area contributed by atoms with Gasteiger partial charge in [-0.1, -0.05) is 6.08 Å². The molecule has 0 aliphatic heterocycles. The van der Waals surface area contributed by atoms with Gasteiger partial charge in [0, 0.05) is 18.3 Å². The number of halogens is 1. The zero-order chi connectivity index (χ0) is 13.1. The average molecular weight is 236 g/mol. The Bertz CT molecular complexity index is 406. The Kier molecular flexibility index (Phi) is 3.99. The first-order valence-electron chi connectivity index (χ1n) is 5.40. The molecule has 92 valence electrons. The third kappa shape index (κ3) is 3.37. The van der Waals surface area contributed by atoms with Gasteiger partial charge < -0.3 is 4.90 Å². The molecule has 0 radical (unpaired) electrons. The molecule has 0 fully saturated rings. The summed E-state index contributed by atoms with van der Waals surface area (Å²) >= 11 is 0. The van der Waals surface area contributed by atoms with Gasteiger partial charge in [0.05, 0.1) is 5.56 Å². The molecule has 0 aliphatic carbocycles. The second kappa shape index (κ2) is 5.08. The molecule has 0 saturated carbocycles. The Morgan fingerprint density at radius 1 is 1.53 bits per heavy atom. The molecule has 1 amide bonds. The van der Waals surface area contributed by atoms with E-state index in [0.29, 0.717) is 12.1 Å². The van der Waals surface area contributed by atoms with Crippen LogP contribution in [0.2, 0.25) is 0 Å². The Balaban J connectivity index is 3.00. The molecule has 3 nitrogen and oxygen atoms in total. The quantitative estimate of drug-likeness (QED) is 0.597. The van der Waals surface area contributed by atoms with E-state index >= 15 is 0 Å². The van der Waals surface area contributed by atoms with Crippen LogP contribution in [0.4, 0.5) is 4.39 Å². The number of amides is 1. The molecular formula is C13H17FN2O. The first-order chi connectivity index (χ1) is 7.86. The smallest absolute Gasteiger partial charge is 0.256 e. The van der Waals surface area contributed by atoms with Gasteiger partial charge >= 0.3 is 0 Å². The van der Waals surface area contributed by atoms with E-state index in [1.165, 1.54) is 18.3 Å². The fraction of sp³-hybridized carbons (Fsp3) is 0.385. The molecular weight excluding hydrogens is 219 g/mol. The summed E-state index contributed by atoms with van der Waals surface area (Å²) in [4.78, 5) is 17.4. The SMILES string of the molecule is C=CCN(C(=O)c1ccc(F)nc1)C(C)(C)C. The van der Waals surface area contributed by atoms with Crippen LogP contribution < -0.4 is 0 Å². The van der Waals surface area contributed by atoms with E-state index < -0.39 is 5.95 Å². The maximum atomic E-state index is 12.7. The molecule has 1 aromatic heterocycles. The van der Waals surface area contributed by atoms with Crippen LogP contribution in [0.3, 0.4) is 0 Å². The third-order valence-corrected chi connectivity index (χ3v) is 2.34. The van der Waals surface area contributed by atoms with Crippen molar-refractivity contribution in [2.24, 2.45) is 0 Å². The van der Waals surface area contributed by atoms with Gasteiger partial charge in [-0.05, 0) is 32.9 Å². The molecule has 0 bridgehead atoms. The largest absolute Gasteiger partial charge is 0.330 e. The highest BCUT2D eigenvalue weighted by Gasteiger charge is 2.26. The maximum absolute atomic E-state index is 12.7. The number of hydrogen-bond donors (Lipinski definition) is 0. The fourth-order valence-electron chi connectivity index (χ4n) is 1.45. The van der Waals surface area contributed by atoms with Crippen molar-refractivity contribution in [1.82, 2.24) is 9.88 Å². The number of nitrogens with zero attached hydrogens (tertiary/aromatic N) is 2. The van der Waals surface area contributed by atoms with Crippen LogP contribution in [0.1, 0.15) is 31.1 Å². The molecule has 1 rings (SSSR count). The molecule has 1 heterocycles. The molecule has 0 N–H and O–H groups in total. The van der Waals surface area contributed by atoms with Crippen LogP contribution in [0.5, 0.6) is 0 Å². The maximum Gasteiger partial charge on any atom is 0.256 e. The summed E-state index contributed by atoms with van der Waals surface area (Å²) in [5.41, 5.74) is 0.0582. The highest BCUT2D eigenvalue weighted by atomic mass is 19.1. The summed E-state index contributed by atoms with van der Waals surface area (Å²) in [5, 5.41) is 0. The second-order valence-corrected chi connectivity index (χ2v) is 4.74. The summed E-state index contributed by atoms with van der Waals surface area (Å²) in [6.07, 6.45) is 2.92. The number of rotatable bonds is 3. The zero-order valence-electron chi connectivity index (χ0n) is 10.4. The lowest BCUT2D eigenvalue weighted by Gasteiger charge is -2.34. The minimum atomic E-state index is -0.590. The summed E-state index contributed by atoms with van der Waals surface area (Å²) < 4.78 is 12.7. The fourth-order valence-corrected chi connectivity index (χ4v) is 1.45. The second-order valence-electron chi connectivity index (χ2n) is 4.74. The van der Waals surface area contributed by atoms with Gasteiger partial charge in [-0.25, -0.2) is 4.98 Å². The predicted octanol–water partition coefficient (Wildman–Crippen LogP) is 2.65. The van der Waals surface area contributed by atoms with Crippen LogP contribution in [0.15, 0.2) is 31.0 Å². The predicted molar refractivity (Wildman–Crippen MR) is 65.2 cm³/mol. The number of aromatic nitrogens is 1. The normalized spacial score (nSPS) is 11.1. The van der Waals surface area contributed by atoms with E-state index in [9.17, 15) is 9.18 Å². The Hall–Kier alpha value is -1.71. The average Bonchev–Trinajstić information content (AvgIpc) is 2.24. The van der Waals surface area contributed by atoms with Crippen molar-refractivity contribution in [2.75, 3.05) is 6.54 Å². The van der Waals surface area contributed by atoms with Crippen LogP contribution in [0.25, 0.3) is 0 Å². The summed E-state index contributed by atoms with van der Waals surface area (Å²) in [7, 11) is 0. The van der Waals surface area contributed by atoms with Gasteiger partial charge in [0.15, 0.2) is 0 Å². The Morgan fingerprint density at radius 3 is 2.59 bits per heavy atom. The van der Waals surface area contributed by atoms with Crippen molar-refractivity contribution in [3.05, 3.63) is 42.5 Å². The lowest BCUT2D eigenvalue weighted by Crippen LogP contribution is -2.45. The standard InChI is InChI=1S/C13H17FN2O/c1-5-8-16(13(2,3)4)12(17)10-6-7-11(14)15-9-10/h5-7,9H,1,8H2,2-4H3. The molecule has 17 heavy (non-hydrogen) atoms. The van der Waals surface area contributed by atoms with Crippen molar-refractivity contribution >= 4 is 5.91 Å². The van der Waals surface area contributed by atoms with E-state index in [4.69, 9.17) is 0 Å². The number of pyridine rings is 1. The van der Waals surface area contributed by atoms with Gasteiger partial charge in [-0.3, -0.25) is 4.79 Å². The molecule has 0 spiro atoms. The first-order valence-corrected chi connectivity index (χ1v) is 5.40. The molecule has 4 heteroatoms. The van der Waals surface area contributed by atoms with Crippen LogP contribution in [0, 0.1) is 5.95 Å². The van der Waals surface area contributed by atoms with E-state index in [0.717, 1.165) is 0 Å². The van der Waals surface area contributed by atoms with E-state index in [2.05, 4.69) is 11.6 Å². The molecule has 0 saturated heterocycles. The number of hydrogen-bond acceptors (Lipinski definition) is 2. The Morgan fingerprint density at radius 2 is 2.18 bits per heavy atom. The van der Waals surface area contributed by atoms with Crippen LogP contribution >= 0.6 is 0 Å². The van der Waals surface area contributed by atoms with E-state index in [1.807, 2.05) is 20.8 Å². The minimum Gasteiger partial charge on any atom is -0.330 e. The zero-order valence-corrected chi connectivity index (χ0v) is 10.4. The van der Waals surface area contributed by atoms with Gasteiger partial charge in [-0.15, -0.1) is 6.58 Å². The molecule has 0 aliphatic rings. The Labute approximate surface area is 101 Å². The number of carbonyl (C=O) groups excluding carboxylic acids is 1. The number of carbonyl (C=O) groups is 1. The molecule has 0 aromatic carbocycles. The molecule has 0 unspecified atom stereocenters. The minimum absolute atomic E-state index is 0.176. The van der Waals surface area contributed by atoms with Gasteiger partial charge in [0.25, 0.3) is 5.91 Å². The highest BCUT2D eigenvalue weighted by molar-refractivity contribution is 5.94. The van der Waals surface area contributed by atoms with Gasteiger partial charge in [-0.2, -0.15) is 4.39 Å². The summed E-state index contributed by atoms with van der Waals surface area (Å²) in [6, 6.07) is 2.62. The van der Waals surface area contributed by atoms with Gasteiger partial charge in [0.2, 0.25) is 5.95 Å². The summed E-state index contributed by atoms with van der Waals surface area (Å²) in [5.74, 6) is -0.766. The van der Waals surface area contributed by atoms with Crippen LogP contribution in [-0.4, -0.2) is 27.9 Å². The molecule has 0 atom stereocenters. The van der Waals surface area contributed by atoms with Crippen LogP contribution in [-0.2, 0) is 0 Å². The van der Waals surface area contributed by atoms with Crippen molar-refractivity contribution in [2.45, 2.75) is 26.3 Å². The lowest BCUT2D eigenvalue weighted by molar-refractivity contribution is 0.0616. The van der Waals surface area contributed by atoms with E-state index in [1.54, 1.807) is 11.0 Å². The monoisotopic (exact) mass is 236 g/mol. The third-order valence-electron chi connectivity index (χ3n) is 2.34. The van der Waals surface area contributed by atoms with Crippen molar-refractivity contribution < 1.29 is 9.18 Å².